The summed E-state index contributed by atoms with van der Waals surface area (Å²) in [6, 6.07) is 0.947. The predicted molar refractivity (Wildman–Crippen MR) is 48.2 cm³/mol. The Bertz CT molecular complexity index is 379. The zero-order valence-electron chi connectivity index (χ0n) is 6.49. The van der Waals surface area contributed by atoms with Crippen LogP contribution < -0.4 is 0 Å². The van der Waals surface area contributed by atoms with Gasteiger partial charge in [0.1, 0.15) is 5.15 Å². The Hall–Kier alpha value is -1.33. The van der Waals surface area contributed by atoms with Crippen LogP contribution in [0.3, 0.4) is 0 Å². The monoisotopic (exact) mass is 235 g/mol. The molecule has 5 nitrogen and oxygen atoms in total. The number of aromatic carboxylic acids is 2. The van der Waals surface area contributed by atoms with Crippen molar-refractivity contribution in [3.8, 4) is 0 Å². The lowest BCUT2D eigenvalue weighted by molar-refractivity contribution is 0.0646. The van der Waals surface area contributed by atoms with Crippen LogP contribution >= 0.6 is 23.2 Å². The Balaban J connectivity index is 3.46. The van der Waals surface area contributed by atoms with Crippen LogP contribution in [-0.2, 0) is 0 Å². The number of nitrogens with zero attached hydrogens (tertiary/aromatic N) is 1. The first-order valence-corrected chi connectivity index (χ1v) is 4.01. The van der Waals surface area contributed by atoms with E-state index in [9.17, 15) is 9.59 Å². The number of halogens is 2. The summed E-state index contributed by atoms with van der Waals surface area (Å²) in [6.07, 6.45) is 0. The standard InChI is InChI=1S/C7H3Cl2NO4/c8-3-1-2(6(11)12)4(7(13)14)10-5(3)9/h1H,(H,11,12)(H,13,14). The van der Waals surface area contributed by atoms with Crippen molar-refractivity contribution in [2.24, 2.45) is 0 Å². The zero-order chi connectivity index (χ0) is 10.9. The van der Waals surface area contributed by atoms with Gasteiger partial charge in [-0.15, -0.1) is 0 Å². The van der Waals surface area contributed by atoms with Crippen LogP contribution in [0.1, 0.15) is 20.8 Å². The van der Waals surface area contributed by atoms with Gasteiger partial charge in [0.25, 0.3) is 0 Å². The molecule has 0 radical (unpaired) electrons. The smallest absolute Gasteiger partial charge is 0.355 e. The predicted octanol–water partition coefficient (Wildman–Crippen LogP) is 1.78. The molecule has 0 unspecified atom stereocenters. The van der Waals surface area contributed by atoms with E-state index in [-0.39, 0.29) is 10.2 Å². The fourth-order valence-corrected chi connectivity index (χ4v) is 1.08. The first-order chi connectivity index (χ1) is 6.43. The molecule has 14 heavy (non-hydrogen) atoms. The molecule has 0 fully saturated rings. The average molecular weight is 236 g/mol. The van der Waals surface area contributed by atoms with Gasteiger partial charge in [-0.2, -0.15) is 0 Å². The van der Waals surface area contributed by atoms with E-state index in [1.807, 2.05) is 0 Å². The molecule has 0 amide bonds. The second-order valence-corrected chi connectivity index (χ2v) is 3.03. The SMILES string of the molecule is O=C(O)c1cc(Cl)c(Cl)nc1C(=O)O. The fraction of sp³-hybridized carbons (Fsp3) is 0. The number of hydrogen-bond acceptors (Lipinski definition) is 3. The molecular weight excluding hydrogens is 233 g/mol. The Labute approximate surface area is 87.9 Å². The number of pyridine rings is 1. The Morgan fingerprint density at radius 3 is 2.21 bits per heavy atom. The molecule has 0 aliphatic heterocycles. The van der Waals surface area contributed by atoms with Crippen LogP contribution in [0.25, 0.3) is 0 Å². The molecule has 2 N–H and O–H groups in total. The molecule has 1 rings (SSSR count). The van der Waals surface area contributed by atoms with E-state index in [1.54, 1.807) is 0 Å². The highest BCUT2D eigenvalue weighted by molar-refractivity contribution is 6.41. The van der Waals surface area contributed by atoms with Crippen molar-refractivity contribution in [3.63, 3.8) is 0 Å². The number of hydrogen-bond donors (Lipinski definition) is 2. The second-order valence-electron chi connectivity index (χ2n) is 2.27. The summed E-state index contributed by atoms with van der Waals surface area (Å²) in [5.41, 5.74) is -1.13. The highest BCUT2D eigenvalue weighted by Gasteiger charge is 2.19. The molecule has 1 aromatic heterocycles. The zero-order valence-corrected chi connectivity index (χ0v) is 8.00. The lowest BCUT2D eigenvalue weighted by Gasteiger charge is -2.02. The molecule has 0 atom stereocenters. The van der Waals surface area contributed by atoms with Crippen molar-refractivity contribution in [1.82, 2.24) is 4.98 Å². The second kappa shape index (κ2) is 3.81. The number of rotatable bonds is 2. The minimum Gasteiger partial charge on any atom is -0.478 e. The van der Waals surface area contributed by atoms with Gasteiger partial charge in [0.2, 0.25) is 0 Å². The third kappa shape index (κ3) is 1.94. The third-order valence-corrected chi connectivity index (χ3v) is 2.04. The Kier molecular flexibility index (Phi) is 2.93. The minimum absolute atomic E-state index is 0.103. The van der Waals surface area contributed by atoms with Crippen LogP contribution in [0, 0.1) is 0 Å². The number of carboxylic acid groups (broad SMARTS) is 2. The summed E-state index contributed by atoms with van der Waals surface area (Å²) in [6.45, 7) is 0. The van der Waals surface area contributed by atoms with Crippen LogP contribution in [0.15, 0.2) is 6.07 Å². The van der Waals surface area contributed by atoms with Crippen LogP contribution in [0.5, 0.6) is 0 Å². The van der Waals surface area contributed by atoms with Gasteiger partial charge in [0, 0.05) is 0 Å². The van der Waals surface area contributed by atoms with Gasteiger partial charge in [-0.1, -0.05) is 23.2 Å². The van der Waals surface area contributed by atoms with Gasteiger partial charge >= 0.3 is 11.9 Å². The molecular formula is C7H3Cl2NO4. The highest BCUT2D eigenvalue weighted by Crippen LogP contribution is 2.22. The fourth-order valence-electron chi connectivity index (χ4n) is 0.792. The molecule has 0 aromatic carbocycles. The van der Waals surface area contributed by atoms with E-state index in [0.29, 0.717) is 0 Å². The topological polar surface area (TPSA) is 87.5 Å². The lowest BCUT2D eigenvalue weighted by Crippen LogP contribution is -2.10. The summed E-state index contributed by atoms with van der Waals surface area (Å²) in [7, 11) is 0. The number of aromatic nitrogens is 1. The van der Waals surface area contributed by atoms with Crippen molar-refractivity contribution in [2.75, 3.05) is 0 Å². The maximum absolute atomic E-state index is 10.6. The van der Waals surface area contributed by atoms with Gasteiger partial charge in [0.05, 0.1) is 10.6 Å². The van der Waals surface area contributed by atoms with E-state index in [0.717, 1.165) is 6.07 Å². The Morgan fingerprint density at radius 1 is 1.21 bits per heavy atom. The van der Waals surface area contributed by atoms with Gasteiger partial charge in [-0.05, 0) is 6.07 Å². The number of carbonyl (C=O) groups is 2. The maximum Gasteiger partial charge on any atom is 0.355 e. The van der Waals surface area contributed by atoms with E-state index in [4.69, 9.17) is 33.4 Å². The third-order valence-electron chi connectivity index (χ3n) is 1.37. The van der Waals surface area contributed by atoms with Crippen molar-refractivity contribution in [1.29, 1.82) is 0 Å². The average Bonchev–Trinajstić information content (AvgIpc) is 2.08. The molecule has 0 aliphatic rings. The van der Waals surface area contributed by atoms with E-state index in [1.165, 1.54) is 0 Å². The van der Waals surface area contributed by atoms with Crippen molar-refractivity contribution in [2.45, 2.75) is 0 Å². The Morgan fingerprint density at radius 2 is 1.79 bits per heavy atom. The first-order valence-electron chi connectivity index (χ1n) is 3.26. The molecule has 0 saturated carbocycles. The summed E-state index contributed by atoms with van der Waals surface area (Å²) < 4.78 is 0. The largest absolute Gasteiger partial charge is 0.478 e. The molecule has 74 valence electrons. The van der Waals surface area contributed by atoms with Crippen LogP contribution in [0.2, 0.25) is 10.2 Å². The molecule has 1 aromatic rings. The van der Waals surface area contributed by atoms with Crippen molar-refractivity contribution in [3.05, 3.63) is 27.5 Å². The van der Waals surface area contributed by atoms with Crippen molar-refractivity contribution >= 4 is 35.1 Å². The molecule has 1 heterocycles. The molecule has 7 heteroatoms. The van der Waals surface area contributed by atoms with Crippen molar-refractivity contribution < 1.29 is 19.8 Å². The summed E-state index contributed by atoms with van der Waals surface area (Å²) in [5.74, 6) is -2.89. The van der Waals surface area contributed by atoms with Gasteiger partial charge in [-0.3, -0.25) is 0 Å². The molecule has 0 aliphatic carbocycles. The lowest BCUT2D eigenvalue weighted by atomic mass is 10.2. The van der Waals surface area contributed by atoms with Crippen LogP contribution in [-0.4, -0.2) is 27.1 Å². The summed E-state index contributed by atoms with van der Waals surface area (Å²) in [5, 5.41) is 16.9. The summed E-state index contributed by atoms with van der Waals surface area (Å²) >= 11 is 10.9. The minimum atomic E-state index is -1.47. The molecule has 0 saturated heterocycles. The van der Waals surface area contributed by atoms with Crippen LogP contribution in [0.4, 0.5) is 0 Å². The normalized spacial score (nSPS) is 9.86. The van der Waals surface area contributed by atoms with E-state index >= 15 is 0 Å². The molecule has 0 spiro atoms. The first kappa shape index (κ1) is 10.7. The van der Waals surface area contributed by atoms with Gasteiger partial charge < -0.3 is 10.2 Å². The van der Waals surface area contributed by atoms with E-state index < -0.39 is 23.2 Å². The number of carboxylic acids is 2. The van der Waals surface area contributed by atoms with E-state index in [2.05, 4.69) is 4.98 Å². The van der Waals surface area contributed by atoms with Gasteiger partial charge in [-0.25, -0.2) is 14.6 Å². The summed E-state index contributed by atoms with van der Waals surface area (Å²) in [4.78, 5) is 24.5. The highest BCUT2D eigenvalue weighted by atomic mass is 35.5. The van der Waals surface area contributed by atoms with Gasteiger partial charge in [0.15, 0.2) is 5.69 Å². The molecule has 0 bridgehead atoms. The maximum atomic E-state index is 10.6. The quantitative estimate of drug-likeness (QED) is 0.764.